The number of carbonyl (C=O) groups is 1. The number of imidazole rings is 1. The molecule has 0 saturated heterocycles. The van der Waals surface area contributed by atoms with Crippen molar-refractivity contribution >= 4 is 17.5 Å². The second kappa shape index (κ2) is 4.38. The molecule has 1 saturated carbocycles. The first-order valence-electron chi connectivity index (χ1n) is 6.17. The van der Waals surface area contributed by atoms with E-state index in [0.29, 0.717) is 10.8 Å². The number of amides is 1. The van der Waals surface area contributed by atoms with Gasteiger partial charge in [-0.05, 0) is 30.5 Å². The van der Waals surface area contributed by atoms with Gasteiger partial charge in [0.2, 0.25) is 0 Å². The third kappa shape index (κ3) is 2.24. The molecule has 5 heteroatoms. The molecule has 98 valence electrons. The van der Waals surface area contributed by atoms with E-state index < -0.39 is 0 Å². The van der Waals surface area contributed by atoms with Crippen LogP contribution in [0, 0.1) is 0 Å². The fraction of sp³-hybridized carbons (Fsp3) is 0.286. The summed E-state index contributed by atoms with van der Waals surface area (Å²) in [5, 5.41) is 3.78. The van der Waals surface area contributed by atoms with Gasteiger partial charge in [-0.15, -0.1) is 0 Å². The minimum atomic E-state index is -0.242. The maximum absolute atomic E-state index is 12.2. The lowest BCUT2D eigenvalue weighted by molar-refractivity contribution is 0.0917. The Kier molecular flexibility index (Phi) is 2.82. The lowest BCUT2D eigenvalue weighted by Gasteiger charge is -2.17. The fourth-order valence-electron chi connectivity index (χ4n) is 2.24. The molecule has 1 aromatic heterocycles. The topological polar surface area (TPSA) is 46.9 Å². The molecule has 1 N–H and O–H groups in total. The van der Waals surface area contributed by atoms with E-state index in [9.17, 15) is 4.79 Å². The van der Waals surface area contributed by atoms with Crippen LogP contribution in [0.4, 0.5) is 0 Å². The van der Waals surface area contributed by atoms with E-state index in [-0.39, 0.29) is 11.4 Å². The Morgan fingerprint density at radius 3 is 2.58 bits per heavy atom. The molecule has 0 spiro atoms. The summed E-state index contributed by atoms with van der Waals surface area (Å²) >= 11 is 5.89. The van der Waals surface area contributed by atoms with E-state index in [1.807, 2.05) is 31.3 Å². The summed E-state index contributed by atoms with van der Waals surface area (Å²) in [6.45, 7) is 0. The van der Waals surface area contributed by atoms with Crippen molar-refractivity contribution in [2.75, 3.05) is 0 Å². The highest BCUT2D eigenvalue weighted by molar-refractivity contribution is 6.30. The molecule has 1 aromatic carbocycles. The Bertz CT molecular complexity index is 614. The van der Waals surface area contributed by atoms with Crippen LogP contribution >= 0.6 is 11.6 Å². The van der Waals surface area contributed by atoms with Crippen molar-refractivity contribution in [3.05, 3.63) is 53.1 Å². The summed E-state index contributed by atoms with van der Waals surface area (Å²) < 4.78 is 1.72. The van der Waals surface area contributed by atoms with E-state index in [1.54, 1.807) is 17.0 Å². The van der Waals surface area contributed by atoms with E-state index >= 15 is 0 Å². The van der Waals surface area contributed by atoms with Gasteiger partial charge in [-0.1, -0.05) is 23.7 Å². The number of rotatable bonds is 3. The summed E-state index contributed by atoms with van der Waals surface area (Å²) in [7, 11) is 1.81. The summed E-state index contributed by atoms with van der Waals surface area (Å²) in [6.07, 6.45) is 5.28. The van der Waals surface area contributed by atoms with Crippen molar-refractivity contribution in [3.63, 3.8) is 0 Å². The van der Waals surface area contributed by atoms with Gasteiger partial charge in [0.25, 0.3) is 5.91 Å². The second-order valence-electron chi connectivity index (χ2n) is 4.90. The predicted octanol–water partition coefficient (Wildman–Crippen LogP) is 2.49. The summed E-state index contributed by atoms with van der Waals surface area (Å²) in [6, 6.07) is 7.63. The normalized spacial score (nSPS) is 16.1. The van der Waals surface area contributed by atoms with E-state index in [1.165, 1.54) is 0 Å². The van der Waals surface area contributed by atoms with Gasteiger partial charge in [-0.3, -0.25) is 4.79 Å². The number of carbonyl (C=O) groups excluding carboxylic acids is 1. The molecule has 1 amide bonds. The van der Waals surface area contributed by atoms with Gasteiger partial charge in [-0.25, -0.2) is 4.98 Å². The summed E-state index contributed by atoms with van der Waals surface area (Å²) in [5.41, 5.74) is 0.854. The third-order valence-corrected chi connectivity index (χ3v) is 3.78. The molecule has 3 rings (SSSR count). The molecule has 0 atom stereocenters. The number of nitrogens with zero attached hydrogens (tertiary/aromatic N) is 2. The van der Waals surface area contributed by atoms with Gasteiger partial charge >= 0.3 is 0 Å². The van der Waals surface area contributed by atoms with E-state index in [0.717, 1.165) is 18.4 Å². The van der Waals surface area contributed by atoms with Crippen LogP contribution < -0.4 is 5.32 Å². The van der Waals surface area contributed by atoms with Crippen molar-refractivity contribution in [2.24, 2.45) is 7.05 Å². The van der Waals surface area contributed by atoms with E-state index in [2.05, 4.69) is 10.3 Å². The minimum absolute atomic E-state index is 0.139. The minimum Gasteiger partial charge on any atom is -0.340 e. The number of hydrogen-bond acceptors (Lipinski definition) is 2. The largest absolute Gasteiger partial charge is 0.340 e. The number of nitrogens with one attached hydrogen (secondary N) is 1. The lowest BCUT2D eigenvalue weighted by atomic mass is 10.1. The third-order valence-electron chi connectivity index (χ3n) is 3.52. The number of halogens is 1. The predicted molar refractivity (Wildman–Crippen MR) is 73.0 cm³/mol. The van der Waals surface area contributed by atoms with Crippen molar-refractivity contribution in [1.82, 2.24) is 14.9 Å². The van der Waals surface area contributed by atoms with Gasteiger partial charge < -0.3 is 9.88 Å². The first kappa shape index (κ1) is 12.2. The molecule has 1 aliphatic carbocycles. The zero-order valence-corrected chi connectivity index (χ0v) is 11.3. The van der Waals surface area contributed by atoms with Crippen molar-refractivity contribution < 1.29 is 4.79 Å². The Hall–Kier alpha value is -1.81. The molecule has 0 unspecified atom stereocenters. The number of aryl methyl sites for hydroxylation is 1. The SMILES string of the molecule is Cn1ccnc1C(=O)NC1(c2ccc(Cl)cc2)CC1. The van der Waals surface area contributed by atoms with Gasteiger partial charge in [0.15, 0.2) is 5.82 Å². The summed E-state index contributed by atoms with van der Waals surface area (Å²) in [4.78, 5) is 16.3. The van der Waals surface area contributed by atoms with Gasteiger partial charge in [0.05, 0.1) is 5.54 Å². The van der Waals surface area contributed by atoms with Crippen LogP contribution in [-0.4, -0.2) is 15.5 Å². The van der Waals surface area contributed by atoms with Crippen LogP contribution in [-0.2, 0) is 12.6 Å². The molecule has 1 fully saturated rings. The number of hydrogen-bond donors (Lipinski definition) is 1. The molecule has 1 heterocycles. The van der Waals surface area contributed by atoms with Gasteiger partial charge in [-0.2, -0.15) is 0 Å². The summed E-state index contributed by atoms with van der Waals surface area (Å²) in [5.74, 6) is 0.292. The Morgan fingerprint density at radius 1 is 1.37 bits per heavy atom. The molecule has 4 nitrogen and oxygen atoms in total. The van der Waals surface area contributed by atoms with Crippen LogP contribution in [0.5, 0.6) is 0 Å². The molecule has 2 aromatic rings. The van der Waals surface area contributed by atoms with Crippen LogP contribution in [0.15, 0.2) is 36.7 Å². The molecule has 1 aliphatic rings. The number of benzene rings is 1. The first-order chi connectivity index (χ1) is 9.11. The van der Waals surface area contributed by atoms with Gasteiger partial charge in [0.1, 0.15) is 0 Å². The Labute approximate surface area is 116 Å². The fourth-order valence-corrected chi connectivity index (χ4v) is 2.36. The van der Waals surface area contributed by atoms with Crippen molar-refractivity contribution in [2.45, 2.75) is 18.4 Å². The first-order valence-corrected chi connectivity index (χ1v) is 6.54. The molecule has 0 bridgehead atoms. The molecular weight excluding hydrogens is 262 g/mol. The monoisotopic (exact) mass is 275 g/mol. The van der Waals surface area contributed by atoms with Crippen molar-refractivity contribution in [3.8, 4) is 0 Å². The van der Waals surface area contributed by atoms with Gasteiger partial charge in [0, 0.05) is 24.5 Å². The quantitative estimate of drug-likeness (QED) is 0.935. The Balaban J connectivity index is 1.81. The molecule has 0 aliphatic heterocycles. The average molecular weight is 276 g/mol. The average Bonchev–Trinajstić information content (AvgIpc) is 3.03. The lowest BCUT2D eigenvalue weighted by Crippen LogP contribution is -2.36. The maximum Gasteiger partial charge on any atom is 0.287 e. The number of aromatic nitrogens is 2. The van der Waals surface area contributed by atoms with Crippen LogP contribution in [0.1, 0.15) is 29.0 Å². The van der Waals surface area contributed by atoms with Crippen LogP contribution in [0.25, 0.3) is 0 Å². The second-order valence-corrected chi connectivity index (χ2v) is 5.34. The van der Waals surface area contributed by atoms with Crippen molar-refractivity contribution in [1.29, 1.82) is 0 Å². The molecule has 0 radical (unpaired) electrons. The standard InChI is InChI=1S/C14H14ClN3O/c1-18-9-8-16-12(18)13(19)17-14(6-7-14)10-2-4-11(15)5-3-10/h2-5,8-9H,6-7H2,1H3,(H,17,19). The molecule has 19 heavy (non-hydrogen) atoms. The maximum atomic E-state index is 12.2. The van der Waals surface area contributed by atoms with E-state index in [4.69, 9.17) is 11.6 Å². The smallest absolute Gasteiger partial charge is 0.287 e. The highest BCUT2D eigenvalue weighted by atomic mass is 35.5. The highest BCUT2D eigenvalue weighted by Crippen LogP contribution is 2.45. The zero-order valence-electron chi connectivity index (χ0n) is 10.6. The molecular formula is C14H14ClN3O. The van der Waals surface area contributed by atoms with Crippen LogP contribution in [0.3, 0.4) is 0 Å². The zero-order chi connectivity index (χ0) is 13.5. The Morgan fingerprint density at radius 2 is 2.05 bits per heavy atom. The highest BCUT2D eigenvalue weighted by Gasteiger charge is 2.46. The van der Waals surface area contributed by atoms with Crippen LogP contribution in [0.2, 0.25) is 5.02 Å².